The lowest BCUT2D eigenvalue weighted by atomic mass is 10.0. The first-order valence-corrected chi connectivity index (χ1v) is 37.1. The summed E-state index contributed by atoms with van der Waals surface area (Å²) in [5, 5.41) is 0. The Hall–Kier alpha value is -2.63. The van der Waals surface area contributed by atoms with Gasteiger partial charge in [-0.25, -0.2) is 0 Å². The molecule has 6 nitrogen and oxygen atoms in total. The summed E-state index contributed by atoms with van der Waals surface area (Å²) in [7, 11) is 0. The lowest BCUT2D eigenvalue weighted by Crippen LogP contribution is -2.30. The first-order valence-electron chi connectivity index (χ1n) is 37.1. The van der Waals surface area contributed by atoms with Crippen molar-refractivity contribution in [3.8, 4) is 0 Å². The molecule has 0 radical (unpaired) electrons. The molecule has 6 heteroatoms. The monoisotopic (exact) mass is 1160 g/mol. The van der Waals surface area contributed by atoms with E-state index in [0.717, 1.165) is 77.0 Å². The average molecular weight is 1160 g/mol. The summed E-state index contributed by atoms with van der Waals surface area (Å²) in [4.78, 5) is 38.1. The lowest BCUT2D eigenvalue weighted by Gasteiger charge is -2.18. The molecule has 0 spiro atoms. The van der Waals surface area contributed by atoms with Gasteiger partial charge < -0.3 is 14.2 Å². The number of rotatable bonds is 69. The summed E-state index contributed by atoms with van der Waals surface area (Å²) >= 11 is 0. The first-order chi connectivity index (χ1) is 41.0. The molecule has 0 aliphatic heterocycles. The second-order valence-corrected chi connectivity index (χ2v) is 25.2. The van der Waals surface area contributed by atoms with Crippen LogP contribution in [0.2, 0.25) is 0 Å². The largest absolute Gasteiger partial charge is 0.462 e. The highest BCUT2D eigenvalue weighted by Gasteiger charge is 2.19. The Morgan fingerprint density at radius 3 is 0.663 bits per heavy atom. The molecule has 0 rings (SSSR count). The fourth-order valence-electron chi connectivity index (χ4n) is 11.2. The van der Waals surface area contributed by atoms with Crippen LogP contribution in [-0.2, 0) is 28.6 Å². The molecule has 0 bridgehead atoms. The predicted octanol–water partition coefficient (Wildman–Crippen LogP) is 25.7. The van der Waals surface area contributed by atoms with Crippen molar-refractivity contribution < 1.29 is 28.6 Å². The van der Waals surface area contributed by atoms with Gasteiger partial charge in [0.1, 0.15) is 13.2 Å². The van der Waals surface area contributed by atoms with Gasteiger partial charge in [-0.15, -0.1) is 0 Å². The number of carbonyl (C=O) groups is 3. The van der Waals surface area contributed by atoms with Gasteiger partial charge in [0.05, 0.1) is 0 Å². The maximum absolute atomic E-state index is 12.9. The van der Waals surface area contributed by atoms with Crippen molar-refractivity contribution in [3.05, 3.63) is 48.6 Å². The molecule has 1 unspecified atom stereocenters. The molecule has 0 saturated carbocycles. The Morgan fingerprint density at radius 1 is 0.241 bits per heavy atom. The van der Waals surface area contributed by atoms with Crippen LogP contribution in [0.4, 0.5) is 0 Å². The van der Waals surface area contributed by atoms with Crippen LogP contribution in [0.3, 0.4) is 0 Å². The topological polar surface area (TPSA) is 78.9 Å². The van der Waals surface area contributed by atoms with E-state index in [-0.39, 0.29) is 31.1 Å². The minimum Gasteiger partial charge on any atom is -0.462 e. The van der Waals surface area contributed by atoms with Crippen molar-refractivity contribution in [2.75, 3.05) is 13.2 Å². The van der Waals surface area contributed by atoms with Gasteiger partial charge in [0.15, 0.2) is 6.10 Å². The fourth-order valence-corrected chi connectivity index (χ4v) is 11.2. The van der Waals surface area contributed by atoms with Gasteiger partial charge in [-0.1, -0.05) is 352 Å². The van der Waals surface area contributed by atoms with Gasteiger partial charge in [-0.3, -0.25) is 14.4 Å². The Labute approximate surface area is 518 Å². The molecule has 0 aromatic heterocycles. The van der Waals surface area contributed by atoms with E-state index in [2.05, 4.69) is 69.4 Å². The Balaban J connectivity index is 3.89. The first kappa shape index (κ1) is 80.4. The average Bonchev–Trinajstić information content (AvgIpc) is 3.49. The van der Waals surface area contributed by atoms with Crippen molar-refractivity contribution in [2.45, 2.75) is 412 Å². The van der Waals surface area contributed by atoms with E-state index in [4.69, 9.17) is 14.2 Å². The van der Waals surface area contributed by atoms with E-state index in [0.29, 0.717) is 19.3 Å². The summed E-state index contributed by atoms with van der Waals surface area (Å²) < 4.78 is 16.8. The molecule has 0 aliphatic rings. The summed E-state index contributed by atoms with van der Waals surface area (Å²) in [6, 6.07) is 0. The number of unbranched alkanes of at least 4 members (excludes halogenated alkanes) is 50. The second-order valence-electron chi connectivity index (χ2n) is 25.2. The Morgan fingerprint density at radius 2 is 0.434 bits per heavy atom. The van der Waals surface area contributed by atoms with Crippen molar-refractivity contribution in [3.63, 3.8) is 0 Å². The zero-order valence-electron chi connectivity index (χ0n) is 56.0. The number of esters is 3. The van der Waals surface area contributed by atoms with E-state index in [1.807, 2.05) is 0 Å². The molecule has 0 aromatic rings. The third-order valence-corrected chi connectivity index (χ3v) is 16.8. The highest BCUT2D eigenvalue weighted by atomic mass is 16.6. The van der Waals surface area contributed by atoms with Crippen molar-refractivity contribution in [2.24, 2.45) is 0 Å². The Kier molecular flexibility index (Phi) is 69.6. The number of carbonyl (C=O) groups excluding carboxylic acids is 3. The standard InChI is InChI=1S/C77H142O6/c1-4-7-10-13-15-17-19-21-23-25-27-29-31-33-35-36-37-38-39-40-42-43-45-47-49-51-53-55-57-59-61-64-67-70-76(79)82-73-74(72-81-75(78)69-66-63-12-9-6-3)83-77(80)71-68-65-62-60-58-56-54-52-50-48-46-44-41-34-32-30-28-26-24-22-20-18-16-14-11-8-5-2/h19-22,25-28,74H,4-18,23-24,29-73H2,1-3H3/b21-19-,22-20-,27-25-,28-26-. The molecule has 1 atom stereocenters. The zero-order valence-corrected chi connectivity index (χ0v) is 56.0. The van der Waals surface area contributed by atoms with Crippen LogP contribution in [0.5, 0.6) is 0 Å². The molecule has 83 heavy (non-hydrogen) atoms. The number of hydrogen-bond acceptors (Lipinski definition) is 6. The maximum atomic E-state index is 12.9. The third-order valence-electron chi connectivity index (χ3n) is 16.8. The molecule has 0 saturated heterocycles. The highest BCUT2D eigenvalue weighted by Crippen LogP contribution is 2.19. The maximum Gasteiger partial charge on any atom is 0.306 e. The Bertz CT molecular complexity index is 1430. The minimum absolute atomic E-state index is 0.0679. The van der Waals surface area contributed by atoms with Crippen molar-refractivity contribution in [1.29, 1.82) is 0 Å². The molecule has 0 fully saturated rings. The number of hydrogen-bond donors (Lipinski definition) is 0. The SMILES string of the molecule is CCCCCCC/C=C\C/C=C\CCCCCCCCCCCCCCCCCCCCCCCC(=O)OCC(COC(=O)CCCCCCC)OC(=O)CCCCCCCCCCCCCCCCC/C=C\C/C=C\CCCCCCC. The van der Waals surface area contributed by atoms with Crippen LogP contribution < -0.4 is 0 Å². The van der Waals surface area contributed by atoms with Crippen LogP contribution in [-0.4, -0.2) is 37.2 Å². The predicted molar refractivity (Wildman–Crippen MR) is 362 cm³/mol. The third kappa shape index (κ3) is 70.0. The lowest BCUT2D eigenvalue weighted by molar-refractivity contribution is -0.167. The van der Waals surface area contributed by atoms with E-state index in [1.54, 1.807) is 0 Å². The van der Waals surface area contributed by atoms with Gasteiger partial charge in [0, 0.05) is 19.3 Å². The second kappa shape index (κ2) is 71.8. The smallest absolute Gasteiger partial charge is 0.306 e. The quantitative estimate of drug-likeness (QED) is 0.0261. The van der Waals surface area contributed by atoms with Crippen molar-refractivity contribution >= 4 is 17.9 Å². The van der Waals surface area contributed by atoms with E-state index in [9.17, 15) is 14.4 Å². The number of ether oxygens (including phenoxy) is 3. The molecule has 0 aromatic carbocycles. The molecular weight excluding hydrogens is 1020 g/mol. The van der Waals surface area contributed by atoms with Gasteiger partial charge >= 0.3 is 17.9 Å². The van der Waals surface area contributed by atoms with E-state index >= 15 is 0 Å². The van der Waals surface area contributed by atoms with Crippen LogP contribution in [0.1, 0.15) is 406 Å². The zero-order chi connectivity index (χ0) is 59.9. The summed E-state index contributed by atoms with van der Waals surface area (Å²) in [6.45, 7) is 6.60. The van der Waals surface area contributed by atoms with Crippen LogP contribution in [0.15, 0.2) is 48.6 Å². The normalized spacial score (nSPS) is 12.3. The molecule has 0 heterocycles. The van der Waals surface area contributed by atoms with Crippen LogP contribution in [0, 0.1) is 0 Å². The van der Waals surface area contributed by atoms with Crippen LogP contribution in [0.25, 0.3) is 0 Å². The van der Waals surface area contributed by atoms with Crippen molar-refractivity contribution in [1.82, 2.24) is 0 Å². The molecule has 0 N–H and O–H groups in total. The van der Waals surface area contributed by atoms with Gasteiger partial charge in [-0.2, -0.15) is 0 Å². The minimum atomic E-state index is -0.768. The molecule has 0 aliphatic carbocycles. The van der Waals surface area contributed by atoms with Gasteiger partial charge in [0.2, 0.25) is 0 Å². The molecule has 0 amide bonds. The van der Waals surface area contributed by atoms with Gasteiger partial charge in [-0.05, 0) is 83.5 Å². The molecular formula is C77H142O6. The summed E-state index contributed by atoms with van der Waals surface area (Å²) in [5.74, 6) is -0.857. The summed E-state index contributed by atoms with van der Waals surface area (Å²) in [5.41, 5.74) is 0. The summed E-state index contributed by atoms with van der Waals surface area (Å²) in [6.07, 6.45) is 92.2. The highest BCUT2D eigenvalue weighted by molar-refractivity contribution is 5.71. The fraction of sp³-hybridized carbons (Fsp3) is 0.857. The van der Waals surface area contributed by atoms with E-state index < -0.39 is 6.10 Å². The molecule has 486 valence electrons. The number of allylic oxidation sites excluding steroid dienone is 8. The van der Waals surface area contributed by atoms with Crippen LogP contribution >= 0.6 is 0 Å². The van der Waals surface area contributed by atoms with E-state index in [1.165, 1.54) is 289 Å². The van der Waals surface area contributed by atoms with Gasteiger partial charge in [0.25, 0.3) is 0 Å².